The Morgan fingerprint density at radius 3 is 2.52 bits per heavy atom. The highest BCUT2D eigenvalue weighted by atomic mass is 35.5. The predicted octanol–water partition coefficient (Wildman–Crippen LogP) is 4.22. The average molecular weight is 410 g/mol. The van der Waals surface area contributed by atoms with Crippen molar-refractivity contribution in [3.63, 3.8) is 0 Å². The van der Waals surface area contributed by atoms with Crippen LogP contribution in [0.15, 0.2) is 53.5 Å². The molecule has 2 atom stereocenters. The molecule has 3 heterocycles. The molecule has 6 heteroatoms. The number of fused-ring (bicyclic) bond motifs is 1. The molecule has 0 unspecified atom stereocenters. The Hall–Kier alpha value is -2.66. The predicted molar refractivity (Wildman–Crippen MR) is 115 cm³/mol. The molecule has 1 saturated heterocycles. The number of pyridine rings is 2. The van der Waals surface area contributed by atoms with E-state index in [1.165, 1.54) is 0 Å². The number of nitrogens with zero attached hydrogens (tertiary/aromatic N) is 3. The number of benzene rings is 1. The standard InChI is InChI=1S/C23H24ClN3O2/c1-15-10-16(2)13-26(12-15)22(28)20-11-18-4-3-9-25-21(18)27(23(20)29)14-17-5-7-19(24)8-6-17/h3-9,11,15-16H,10,12-14H2,1-2H3/t15-,16-/m1/s1. The summed E-state index contributed by atoms with van der Waals surface area (Å²) in [7, 11) is 0. The van der Waals surface area contributed by atoms with E-state index in [0.29, 0.717) is 42.1 Å². The molecular formula is C23H24ClN3O2. The van der Waals surface area contributed by atoms with Crippen LogP contribution in [0.2, 0.25) is 5.02 Å². The summed E-state index contributed by atoms with van der Waals surface area (Å²) in [6.45, 7) is 6.01. The molecule has 5 nitrogen and oxygen atoms in total. The molecule has 0 spiro atoms. The van der Waals surface area contributed by atoms with Crippen LogP contribution in [-0.2, 0) is 6.54 Å². The highest BCUT2D eigenvalue weighted by Crippen LogP contribution is 2.23. The van der Waals surface area contributed by atoms with E-state index in [4.69, 9.17) is 11.6 Å². The number of rotatable bonds is 3. The molecule has 1 aliphatic heterocycles. The zero-order chi connectivity index (χ0) is 20.5. The second kappa shape index (κ2) is 7.99. The molecule has 0 radical (unpaired) electrons. The Morgan fingerprint density at radius 1 is 1.14 bits per heavy atom. The zero-order valence-electron chi connectivity index (χ0n) is 16.6. The molecule has 4 rings (SSSR count). The normalized spacial score (nSPS) is 19.5. The van der Waals surface area contributed by atoms with Gasteiger partial charge in [-0.15, -0.1) is 0 Å². The number of likely N-dealkylation sites (tertiary alicyclic amines) is 1. The third-order valence-electron chi connectivity index (χ3n) is 5.49. The first-order valence-electron chi connectivity index (χ1n) is 9.94. The van der Waals surface area contributed by atoms with Crippen LogP contribution in [0.3, 0.4) is 0 Å². The average Bonchev–Trinajstić information content (AvgIpc) is 2.70. The summed E-state index contributed by atoms with van der Waals surface area (Å²) < 4.78 is 1.59. The fourth-order valence-electron chi connectivity index (χ4n) is 4.28. The van der Waals surface area contributed by atoms with Crippen LogP contribution < -0.4 is 5.56 Å². The fourth-order valence-corrected chi connectivity index (χ4v) is 4.40. The van der Waals surface area contributed by atoms with E-state index < -0.39 is 0 Å². The Labute approximate surface area is 174 Å². The van der Waals surface area contributed by atoms with Gasteiger partial charge in [0, 0.05) is 29.7 Å². The maximum atomic E-state index is 13.4. The molecule has 1 aromatic carbocycles. The van der Waals surface area contributed by atoms with Crippen molar-refractivity contribution < 1.29 is 4.79 Å². The van der Waals surface area contributed by atoms with Crippen LogP contribution in [0.25, 0.3) is 11.0 Å². The second-order valence-corrected chi connectivity index (χ2v) is 8.58. The highest BCUT2D eigenvalue weighted by Gasteiger charge is 2.28. The third-order valence-corrected chi connectivity index (χ3v) is 5.74. The van der Waals surface area contributed by atoms with Gasteiger partial charge in [0.15, 0.2) is 0 Å². The van der Waals surface area contributed by atoms with E-state index >= 15 is 0 Å². The van der Waals surface area contributed by atoms with Crippen LogP contribution in [0.1, 0.15) is 36.2 Å². The van der Waals surface area contributed by atoms with Gasteiger partial charge in [0.05, 0.1) is 6.54 Å². The largest absolute Gasteiger partial charge is 0.338 e. The molecule has 150 valence electrons. The lowest BCUT2D eigenvalue weighted by molar-refractivity contribution is 0.0621. The number of aromatic nitrogens is 2. The van der Waals surface area contributed by atoms with Crippen molar-refractivity contribution in [1.29, 1.82) is 0 Å². The van der Waals surface area contributed by atoms with Gasteiger partial charge >= 0.3 is 0 Å². The van der Waals surface area contributed by atoms with Crippen molar-refractivity contribution in [2.75, 3.05) is 13.1 Å². The van der Waals surface area contributed by atoms with Gasteiger partial charge in [0.1, 0.15) is 11.2 Å². The third kappa shape index (κ3) is 4.06. The Bertz CT molecular complexity index is 1100. The topological polar surface area (TPSA) is 55.2 Å². The fraction of sp³-hybridized carbons (Fsp3) is 0.348. The van der Waals surface area contributed by atoms with Gasteiger partial charge in [-0.3, -0.25) is 14.2 Å². The van der Waals surface area contributed by atoms with Crippen LogP contribution >= 0.6 is 11.6 Å². The first-order chi connectivity index (χ1) is 13.9. The molecule has 3 aromatic rings. The van der Waals surface area contributed by atoms with Gasteiger partial charge in [-0.1, -0.05) is 37.6 Å². The monoisotopic (exact) mass is 409 g/mol. The lowest BCUT2D eigenvalue weighted by Gasteiger charge is -2.35. The van der Waals surface area contributed by atoms with Crippen molar-refractivity contribution in [2.45, 2.75) is 26.8 Å². The second-order valence-electron chi connectivity index (χ2n) is 8.15. The van der Waals surface area contributed by atoms with Gasteiger partial charge in [-0.2, -0.15) is 0 Å². The van der Waals surface area contributed by atoms with Gasteiger partial charge in [0.2, 0.25) is 0 Å². The molecule has 1 aliphatic rings. The summed E-state index contributed by atoms with van der Waals surface area (Å²) in [5, 5.41) is 1.42. The number of halogens is 1. The van der Waals surface area contributed by atoms with Gasteiger partial charge in [0.25, 0.3) is 11.5 Å². The summed E-state index contributed by atoms with van der Waals surface area (Å²) in [6, 6.07) is 12.7. The van der Waals surface area contributed by atoms with Crippen LogP contribution in [0.4, 0.5) is 0 Å². The SMILES string of the molecule is C[C@@H]1C[C@@H](C)CN(C(=O)c2cc3cccnc3n(Cc3ccc(Cl)cc3)c2=O)C1. The van der Waals surface area contributed by atoms with Crippen molar-refractivity contribution in [3.8, 4) is 0 Å². The Kier molecular flexibility index (Phi) is 5.41. The summed E-state index contributed by atoms with van der Waals surface area (Å²) in [5.74, 6) is 0.672. The van der Waals surface area contributed by atoms with E-state index in [1.807, 2.05) is 29.2 Å². The Morgan fingerprint density at radius 2 is 1.83 bits per heavy atom. The minimum atomic E-state index is -0.304. The number of piperidine rings is 1. The number of carbonyl (C=O) groups excluding carboxylic acids is 1. The minimum Gasteiger partial charge on any atom is -0.338 e. The van der Waals surface area contributed by atoms with E-state index in [-0.39, 0.29) is 17.0 Å². The van der Waals surface area contributed by atoms with Crippen LogP contribution in [-0.4, -0.2) is 33.4 Å². The maximum Gasteiger partial charge on any atom is 0.265 e. The van der Waals surface area contributed by atoms with Crippen molar-refractivity contribution in [3.05, 3.63) is 75.2 Å². The van der Waals surface area contributed by atoms with E-state index in [9.17, 15) is 9.59 Å². The lowest BCUT2D eigenvalue weighted by atomic mass is 9.91. The van der Waals surface area contributed by atoms with Crippen LogP contribution in [0, 0.1) is 11.8 Å². The van der Waals surface area contributed by atoms with E-state index in [0.717, 1.165) is 17.4 Å². The van der Waals surface area contributed by atoms with E-state index in [2.05, 4.69) is 18.8 Å². The van der Waals surface area contributed by atoms with Gasteiger partial charge < -0.3 is 4.90 Å². The minimum absolute atomic E-state index is 0.191. The number of hydrogen-bond acceptors (Lipinski definition) is 3. The molecule has 1 amide bonds. The molecule has 29 heavy (non-hydrogen) atoms. The summed E-state index contributed by atoms with van der Waals surface area (Å²) in [5.41, 5.74) is 1.40. The first kappa shape index (κ1) is 19.6. The summed E-state index contributed by atoms with van der Waals surface area (Å²) >= 11 is 5.99. The van der Waals surface area contributed by atoms with Crippen molar-refractivity contribution in [1.82, 2.24) is 14.5 Å². The lowest BCUT2D eigenvalue weighted by Crippen LogP contribution is -2.44. The number of amides is 1. The number of hydrogen-bond donors (Lipinski definition) is 0. The van der Waals surface area contributed by atoms with Crippen LogP contribution in [0.5, 0.6) is 0 Å². The van der Waals surface area contributed by atoms with Crippen molar-refractivity contribution >= 4 is 28.5 Å². The van der Waals surface area contributed by atoms with Gasteiger partial charge in [-0.05, 0) is 54.2 Å². The summed E-state index contributed by atoms with van der Waals surface area (Å²) in [4.78, 5) is 32.9. The molecule has 0 aliphatic carbocycles. The summed E-state index contributed by atoms with van der Waals surface area (Å²) in [6.07, 6.45) is 2.77. The van der Waals surface area contributed by atoms with E-state index in [1.54, 1.807) is 29.0 Å². The molecule has 0 bridgehead atoms. The zero-order valence-corrected chi connectivity index (χ0v) is 17.4. The molecular weight excluding hydrogens is 386 g/mol. The first-order valence-corrected chi connectivity index (χ1v) is 10.3. The van der Waals surface area contributed by atoms with Crippen molar-refractivity contribution in [2.24, 2.45) is 11.8 Å². The quantitative estimate of drug-likeness (QED) is 0.650. The molecule has 0 saturated carbocycles. The smallest absolute Gasteiger partial charge is 0.265 e. The Balaban J connectivity index is 1.79. The number of carbonyl (C=O) groups is 1. The van der Waals surface area contributed by atoms with Gasteiger partial charge in [-0.25, -0.2) is 4.98 Å². The maximum absolute atomic E-state index is 13.4. The molecule has 2 aromatic heterocycles. The molecule has 1 fully saturated rings. The molecule has 0 N–H and O–H groups in total. The highest BCUT2D eigenvalue weighted by molar-refractivity contribution is 6.30.